The maximum Gasteiger partial charge on any atom is 0.255 e. The van der Waals surface area contributed by atoms with Gasteiger partial charge in [-0.15, -0.1) is 0 Å². The summed E-state index contributed by atoms with van der Waals surface area (Å²) in [4.78, 5) is 23.4. The highest BCUT2D eigenvalue weighted by Crippen LogP contribution is 2.32. The summed E-state index contributed by atoms with van der Waals surface area (Å²) in [5, 5.41) is 22.5. The lowest BCUT2D eigenvalue weighted by atomic mass is 9.96. The van der Waals surface area contributed by atoms with E-state index in [0.29, 0.717) is 35.7 Å². The third-order valence-electron chi connectivity index (χ3n) is 5.29. The maximum atomic E-state index is 12.6. The van der Waals surface area contributed by atoms with Crippen molar-refractivity contribution >= 4 is 17.4 Å². The molecule has 2 aromatic heterocycles. The SMILES string of the molecule is Cc1cccc(C(=O)Nc2cnc(C)c(-c3cnc(N4CC(C)(O)C4)c(C#N)c3)c2)c1. The molecule has 1 fully saturated rings. The van der Waals surface area contributed by atoms with E-state index in [-0.39, 0.29) is 5.91 Å². The summed E-state index contributed by atoms with van der Waals surface area (Å²) in [6, 6.07) is 13.2. The maximum absolute atomic E-state index is 12.6. The molecule has 3 heterocycles. The minimum Gasteiger partial charge on any atom is -0.386 e. The van der Waals surface area contributed by atoms with Crippen LogP contribution in [0.25, 0.3) is 11.1 Å². The number of aryl methyl sites for hydroxylation is 2. The molecule has 0 unspecified atom stereocenters. The van der Waals surface area contributed by atoms with Crippen LogP contribution in [-0.2, 0) is 0 Å². The van der Waals surface area contributed by atoms with Crippen LogP contribution in [0.4, 0.5) is 11.5 Å². The van der Waals surface area contributed by atoms with Gasteiger partial charge in [-0.05, 0) is 45.0 Å². The monoisotopic (exact) mass is 413 g/mol. The number of nitriles is 1. The number of nitrogens with one attached hydrogen (secondary N) is 1. The van der Waals surface area contributed by atoms with Crippen molar-refractivity contribution in [2.45, 2.75) is 26.4 Å². The minimum absolute atomic E-state index is 0.212. The van der Waals surface area contributed by atoms with Gasteiger partial charge in [-0.3, -0.25) is 9.78 Å². The Labute approximate surface area is 181 Å². The molecule has 7 nitrogen and oxygen atoms in total. The first-order chi connectivity index (χ1) is 14.8. The van der Waals surface area contributed by atoms with Crippen molar-refractivity contribution in [1.29, 1.82) is 5.26 Å². The lowest BCUT2D eigenvalue weighted by molar-refractivity contribution is 0.0305. The van der Waals surface area contributed by atoms with Gasteiger partial charge < -0.3 is 15.3 Å². The number of nitrogens with zero attached hydrogens (tertiary/aromatic N) is 4. The zero-order valence-electron chi connectivity index (χ0n) is 17.7. The Balaban J connectivity index is 1.61. The van der Waals surface area contributed by atoms with Crippen LogP contribution in [0.15, 0.2) is 48.8 Å². The van der Waals surface area contributed by atoms with Gasteiger partial charge in [0.25, 0.3) is 5.91 Å². The number of aromatic nitrogens is 2. The van der Waals surface area contributed by atoms with E-state index in [1.54, 1.807) is 31.5 Å². The molecule has 0 atom stereocenters. The molecule has 1 aromatic carbocycles. The normalized spacial score (nSPS) is 14.5. The number of β-amino-alcohol motifs (C(OH)–C–C–N with tert-alkyl or cyclic N) is 1. The summed E-state index contributed by atoms with van der Waals surface area (Å²) in [6.45, 7) is 6.45. The van der Waals surface area contributed by atoms with Crippen LogP contribution in [0.2, 0.25) is 0 Å². The lowest BCUT2D eigenvalue weighted by Crippen LogP contribution is -2.60. The van der Waals surface area contributed by atoms with E-state index >= 15 is 0 Å². The summed E-state index contributed by atoms with van der Waals surface area (Å²) >= 11 is 0. The van der Waals surface area contributed by atoms with Crippen LogP contribution in [0.1, 0.15) is 34.1 Å². The first-order valence-corrected chi connectivity index (χ1v) is 9.98. The second-order valence-corrected chi connectivity index (χ2v) is 8.24. The lowest BCUT2D eigenvalue weighted by Gasteiger charge is -2.45. The molecular formula is C24H23N5O2. The van der Waals surface area contributed by atoms with E-state index in [2.05, 4.69) is 21.4 Å². The Hall–Kier alpha value is -3.76. The molecule has 3 aromatic rings. The standard InChI is InChI=1S/C24H23N5O2/c1-15-5-4-6-17(7-15)23(30)28-20-9-21(16(2)26-12-20)19-8-18(10-25)22(27-11-19)29-13-24(3,31)14-29/h4-9,11-12,31H,13-14H2,1-3H3,(H,28,30). The van der Waals surface area contributed by atoms with Gasteiger partial charge in [0.2, 0.25) is 0 Å². The molecule has 0 spiro atoms. The first-order valence-electron chi connectivity index (χ1n) is 9.98. The average molecular weight is 413 g/mol. The largest absolute Gasteiger partial charge is 0.386 e. The number of anilines is 2. The Morgan fingerprint density at radius 2 is 1.97 bits per heavy atom. The molecule has 31 heavy (non-hydrogen) atoms. The van der Waals surface area contributed by atoms with E-state index in [9.17, 15) is 15.2 Å². The van der Waals surface area contributed by atoms with Crippen molar-refractivity contribution in [3.05, 3.63) is 71.2 Å². The van der Waals surface area contributed by atoms with Crippen molar-refractivity contribution in [1.82, 2.24) is 9.97 Å². The van der Waals surface area contributed by atoms with E-state index in [1.165, 1.54) is 0 Å². The highest BCUT2D eigenvalue weighted by atomic mass is 16.3. The summed E-state index contributed by atoms with van der Waals surface area (Å²) in [7, 11) is 0. The molecule has 7 heteroatoms. The van der Waals surface area contributed by atoms with Crippen LogP contribution in [0.5, 0.6) is 0 Å². The fourth-order valence-electron chi connectivity index (χ4n) is 3.75. The molecule has 1 saturated heterocycles. The van der Waals surface area contributed by atoms with Gasteiger partial charge in [-0.1, -0.05) is 17.7 Å². The number of hydrogen-bond acceptors (Lipinski definition) is 6. The Morgan fingerprint density at radius 3 is 2.65 bits per heavy atom. The van der Waals surface area contributed by atoms with Crippen LogP contribution in [0, 0.1) is 25.2 Å². The number of carbonyl (C=O) groups is 1. The number of aliphatic hydroxyl groups is 1. The molecular weight excluding hydrogens is 390 g/mol. The van der Waals surface area contributed by atoms with Crippen LogP contribution >= 0.6 is 0 Å². The second kappa shape index (κ2) is 7.82. The Bertz CT molecular complexity index is 1200. The molecule has 1 aliphatic rings. The van der Waals surface area contributed by atoms with Gasteiger partial charge >= 0.3 is 0 Å². The molecule has 0 saturated carbocycles. The summed E-state index contributed by atoms with van der Waals surface area (Å²) in [6.07, 6.45) is 3.31. The smallest absolute Gasteiger partial charge is 0.255 e. The van der Waals surface area contributed by atoms with E-state index in [1.807, 2.05) is 43.0 Å². The topological polar surface area (TPSA) is 102 Å². The molecule has 4 rings (SSSR count). The van der Waals surface area contributed by atoms with Crippen molar-refractivity contribution in [3.8, 4) is 17.2 Å². The fraction of sp³-hybridized carbons (Fsp3) is 0.250. The summed E-state index contributed by atoms with van der Waals surface area (Å²) in [5.74, 6) is 0.351. The van der Waals surface area contributed by atoms with Crippen molar-refractivity contribution < 1.29 is 9.90 Å². The predicted octanol–water partition coefficient (Wildman–Crippen LogP) is 3.46. The van der Waals surface area contributed by atoms with Crippen molar-refractivity contribution in [2.75, 3.05) is 23.3 Å². The number of amides is 1. The third kappa shape index (κ3) is 4.25. The van der Waals surface area contributed by atoms with Crippen molar-refractivity contribution in [2.24, 2.45) is 0 Å². The van der Waals surface area contributed by atoms with E-state index in [4.69, 9.17) is 0 Å². The predicted molar refractivity (Wildman–Crippen MR) is 119 cm³/mol. The molecule has 0 aliphatic carbocycles. The fourth-order valence-corrected chi connectivity index (χ4v) is 3.75. The number of benzene rings is 1. The van der Waals surface area contributed by atoms with E-state index < -0.39 is 5.60 Å². The molecule has 2 N–H and O–H groups in total. The summed E-state index contributed by atoms with van der Waals surface area (Å²) in [5.41, 5.74) is 4.11. The Kier molecular flexibility index (Phi) is 5.17. The molecule has 1 aliphatic heterocycles. The minimum atomic E-state index is -0.753. The van der Waals surface area contributed by atoms with Crippen LogP contribution < -0.4 is 10.2 Å². The zero-order chi connectivity index (χ0) is 22.2. The highest BCUT2D eigenvalue weighted by Gasteiger charge is 2.38. The summed E-state index contributed by atoms with van der Waals surface area (Å²) < 4.78 is 0. The van der Waals surface area contributed by atoms with E-state index in [0.717, 1.165) is 22.4 Å². The molecule has 1 amide bonds. The first kappa shape index (κ1) is 20.5. The zero-order valence-corrected chi connectivity index (χ0v) is 17.7. The number of carbonyl (C=O) groups excluding carboxylic acids is 1. The number of pyridine rings is 2. The van der Waals surface area contributed by atoms with Gasteiger partial charge in [0.15, 0.2) is 0 Å². The Morgan fingerprint density at radius 1 is 1.19 bits per heavy atom. The molecule has 156 valence electrons. The van der Waals surface area contributed by atoms with Gasteiger partial charge in [-0.25, -0.2) is 4.98 Å². The average Bonchev–Trinajstić information content (AvgIpc) is 2.73. The third-order valence-corrected chi connectivity index (χ3v) is 5.29. The van der Waals surface area contributed by atoms with Crippen molar-refractivity contribution in [3.63, 3.8) is 0 Å². The quantitative estimate of drug-likeness (QED) is 0.679. The molecule has 0 radical (unpaired) electrons. The second-order valence-electron chi connectivity index (χ2n) is 8.24. The van der Waals surface area contributed by atoms with Gasteiger partial charge in [0, 0.05) is 41.7 Å². The number of hydrogen-bond donors (Lipinski definition) is 2. The van der Waals surface area contributed by atoms with Crippen LogP contribution in [0.3, 0.4) is 0 Å². The highest BCUT2D eigenvalue weighted by molar-refractivity contribution is 6.04. The number of rotatable bonds is 4. The van der Waals surface area contributed by atoms with Gasteiger partial charge in [0.1, 0.15) is 11.9 Å². The van der Waals surface area contributed by atoms with Crippen LogP contribution in [-0.4, -0.2) is 39.7 Å². The van der Waals surface area contributed by atoms with Gasteiger partial charge in [0.05, 0.1) is 23.0 Å². The van der Waals surface area contributed by atoms with Gasteiger partial charge in [-0.2, -0.15) is 5.26 Å². The molecule has 0 bridgehead atoms.